The van der Waals surface area contributed by atoms with Gasteiger partial charge in [-0.2, -0.15) is 13.2 Å². The number of benzene rings is 2. The molecule has 258 valence electrons. The molecule has 0 fully saturated rings. The number of hydrogen-bond donors (Lipinski definition) is 3. The third-order valence-corrected chi connectivity index (χ3v) is 8.18. The summed E-state index contributed by atoms with van der Waals surface area (Å²) < 4.78 is 52.0. The van der Waals surface area contributed by atoms with E-state index in [9.17, 15) is 42.9 Å². The number of allylic oxidation sites excluding steroid dienone is 3. The Hall–Kier alpha value is -4.81. The highest BCUT2D eigenvalue weighted by atomic mass is 32.1. The summed E-state index contributed by atoms with van der Waals surface area (Å²) in [4.78, 5) is 38.2. The average molecular weight is 697 g/mol. The first-order chi connectivity index (χ1) is 23.2. The summed E-state index contributed by atoms with van der Waals surface area (Å²) in [7, 11) is 0. The lowest BCUT2D eigenvalue weighted by Gasteiger charge is -2.22. The number of carboxylic acids is 1. The van der Waals surface area contributed by atoms with Crippen LogP contribution in [0.4, 0.5) is 13.2 Å². The number of thiocarbonyl (C=S) groups is 1. The van der Waals surface area contributed by atoms with Crippen LogP contribution in [0.5, 0.6) is 11.5 Å². The first kappa shape index (κ1) is 37.0. The molecule has 0 radical (unpaired) electrons. The van der Waals surface area contributed by atoms with Crippen LogP contribution in [-0.4, -0.2) is 38.5 Å². The Morgan fingerprint density at radius 3 is 2.59 bits per heavy atom. The number of alkyl halides is 3. The third kappa shape index (κ3) is 8.81. The van der Waals surface area contributed by atoms with Crippen molar-refractivity contribution in [1.82, 2.24) is 0 Å². The van der Waals surface area contributed by atoms with Crippen LogP contribution in [0.1, 0.15) is 94.7 Å². The number of aliphatic hydroxyl groups excluding tert-OH is 1. The highest BCUT2D eigenvalue weighted by Gasteiger charge is 2.34. The summed E-state index contributed by atoms with van der Waals surface area (Å²) in [6.07, 6.45) is 5.12. The average Bonchev–Trinajstić information content (AvgIpc) is 3.05. The Bertz CT molecular complexity index is 1990. The summed E-state index contributed by atoms with van der Waals surface area (Å²) in [6, 6.07) is 7.14. The maximum Gasteiger partial charge on any atom is 0.416 e. The van der Waals surface area contributed by atoms with Crippen LogP contribution in [0.15, 0.2) is 69.9 Å². The maximum atomic E-state index is 13.7. The quantitative estimate of drug-likeness (QED) is 0.0764. The molecule has 1 aliphatic rings. The fraction of sp³-hybridized carbons (Fsp3) is 0.297. The van der Waals surface area contributed by atoms with Gasteiger partial charge in [-0.15, -0.1) is 0 Å². The molecule has 3 N–H and O–H groups in total. The van der Waals surface area contributed by atoms with Gasteiger partial charge in [-0.1, -0.05) is 68.1 Å². The fourth-order valence-corrected chi connectivity index (χ4v) is 5.68. The molecule has 1 heterocycles. The van der Waals surface area contributed by atoms with Gasteiger partial charge in [0.2, 0.25) is 5.76 Å². The molecule has 2 atom stereocenters. The standard InChI is InChI=1S/C37H35F3O8S/c1-3-10-26-29(17-16-25(21(2)41)33(26)43)47-18-8-6-4-5-7-13-28(32(42)22-11-9-12-23(19-22)37(38,39)40)31-34(44)27-15-14-24(49)20-30(27)48-35(31)36(45)46/h4-5,7,9,11-13,15-17,19-20,28,32,42-43H,3,6,8,10,14,18H2,1-2H3,(H,45,46)/b5-4-,13-7+/t28-,32-/m0/s1. The van der Waals surface area contributed by atoms with Crippen molar-refractivity contribution in [3.05, 3.63) is 115 Å². The molecule has 0 spiro atoms. The fourth-order valence-electron chi connectivity index (χ4n) is 5.49. The van der Waals surface area contributed by atoms with Crippen LogP contribution in [0.2, 0.25) is 0 Å². The van der Waals surface area contributed by atoms with Gasteiger partial charge >= 0.3 is 12.1 Å². The topological polar surface area (TPSA) is 134 Å². The second-order valence-electron chi connectivity index (χ2n) is 11.4. The number of phenolic OH excluding ortho intramolecular Hbond substituents is 1. The van der Waals surface area contributed by atoms with E-state index in [0.717, 1.165) is 24.6 Å². The molecule has 2 aromatic carbocycles. The van der Waals surface area contributed by atoms with Crippen molar-refractivity contribution in [1.29, 1.82) is 0 Å². The number of carboxylic acid groups (broad SMARTS) is 1. The van der Waals surface area contributed by atoms with Gasteiger partial charge in [0.05, 0.1) is 34.6 Å². The molecule has 0 unspecified atom stereocenters. The van der Waals surface area contributed by atoms with E-state index in [0.29, 0.717) is 35.4 Å². The van der Waals surface area contributed by atoms with Crippen molar-refractivity contribution >= 4 is 41.0 Å². The number of aliphatic hydroxyl groups is 1. The molecule has 49 heavy (non-hydrogen) atoms. The molecule has 12 heteroatoms. The Balaban J connectivity index is 1.60. The minimum Gasteiger partial charge on any atom is -0.507 e. The highest BCUT2D eigenvalue weighted by Crippen LogP contribution is 2.36. The Labute approximate surface area is 285 Å². The van der Waals surface area contributed by atoms with Gasteiger partial charge in [0.25, 0.3) is 0 Å². The van der Waals surface area contributed by atoms with Gasteiger partial charge < -0.3 is 24.5 Å². The normalized spacial score (nSPS) is 14.3. The van der Waals surface area contributed by atoms with E-state index < -0.39 is 46.5 Å². The van der Waals surface area contributed by atoms with Crippen LogP contribution in [0.3, 0.4) is 0 Å². The second-order valence-corrected chi connectivity index (χ2v) is 11.9. The van der Waals surface area contributed by atoms with Crippen molar-refractivity contribution in [3.63, 3.8) is 0 Å². The summed E-state index contributed by atoms with van der Waals surface area (Å²) in [5.41, 5.74) is -1.63. The number of fused-ring (bicyclic) bond motifs is 1. The zero-order chi connectivity index (χ0) is 35.9. The number of ketones is 1. The lowest BCUT2D eigenvalue weighted by molar-refractivity contribution is -0.137. The summed E-state index contributed by atoms with van der Waals surface area (Å²) in [5.74, 6) is -3.63. The number of aromatic hydroxyl groups is 1. The van der Waals surface area contributed by atoms with Crippen molar-refractivity contribution in [2.45, 2.75) is 64.1 Å². The molecule has 0 saturated carbocycles. The third-order valence-electron chi connectivity index (χ3n) is 7.89. The van der Waals surface area contributed by atoms with Gasteiger partial charge in [-0.05, 0) is 62.1 Å². The largest absolute Gasteiger partial charge is 0.507 e. The zero-order valence-corrected chi connectivity index (χ0v) is 27.6. The van der Waals surface area contributed by atoms with E-state index in [2.05, 4.69) is 0 Å². The second kappa shape index (κ2) is 16.1. The zero-order valence-electron chi connectivity index (χ0n) is 26.8. The van der Waals surface area contributed by atoms with Crippen LogP contribution in [0.25, 0.3) is 12.2 Å². The maximum absolute atomic E-state index is 13.7. The Morgan fingerprint density at radius 1 is 1.16 bits per heavy atom. The van der Waals surface area contributed by atoms with E-state index in [1.807, 2.05) is 6.92 Å². The number of aromatic carboxylic acids is 1. The molecule has 0 amide bonds. The number of rotatable bonds is 14. The minimum absolute atomic E-state index is 0.0464. The lowest BCUT2D eigenvalue weighted by atomic mass is 9.86. The number of unbranched alkanes of at least 4 members (excludes halogenated alkanes) is 1. The molecular formula is C37H35F3O8S. The first-order valence-electron chi connectivity index (χ1n) is 15.6. The summed E-state index contributed by atoms with van der Waals surface area (Å²) in [6.45, 7) is 3.61. The van der Waals surface area contributed by atoms with Crippen LogP contribution >= 0.6 is 12.2 Å². The number of carbonyl (C=O) groups excluding carboxylic acids is 1. The van der Waals surface area contributed by atoms with E-state index in [1.165, 1.54) is 43.4 Å². The molecule has 0 aliphatic heterocycles. The van der Waals surface area contributed by atoms with Crippen molar-refractivity contribution in [2.75, 3.05) is 6.61 Å². The number of ether oxygens (including phenoxy) is 1. The number of hydrogen-bond acceptors (Lipinski definition) is 8. The van der Waals surface area contributed by atoms with Gasteiger partial charge in [0.15, 0.2) is 11.2 Å². The molecule has 0 bridgehead atoms. The molecular weight excluding hydrogens is 661 g/mol. The van der Waals surface area contributed by atoms with E-state index in [-0.39, 0.29) is 46.3 Å². The monoisotopic (exact) mass is 696 g/mol. The van der Waals surface area contributed by atoms with Gasteiger partial charge in [-0.3, -0.25) is 9.59 Å². The first-order valence-corrected chi connectivity index (χ1v) is 16.0. The summed E-state index contributed by atoms with van der Waals surface area (Å²) >= 11 is 5.16. The van der Waals surface area contributed by atoms with Gasteiger partial charge in [0, 0.05) is 22.8 Å². The van der Waals surface area contributed by atoms with E-state index in [1.54, 1.807) is 18.2 Å². The Morgan fingerprint density at radius 2 is 1.92 bits per heavy atom. The van der Waals surface area contributed by atoms with Crippen molar-refractivity contribution in [2.24, 2.45) is 0 Å². The number of halogens is 3. The Kier molecular flexibility index (Phi) is 12.1. The number of phenols is 1. The number of Topliss-reactive ketones (excluding diaryl/α,β-unsaturated/α-hetero) is 1. The van der Waals surface area contributed by atoms with Crippen LogP contribution in [-0.2, 0) is 12.6 Å². The van der Waals surface area contributed by atoms with Gasteiger partial charge in [0.1, 0.15) is 16.9 Å². The molecule has 0 saturated heterocycles. The molecule has 4 rings (SSSR count). The molecule has 1 aliphatic carbocycles. The predicted molar refractivity (Wildman–Crippen MR) is 182 cm³/mol. The minimum atomic E-state index is -4.70. The number of carbonyl (C=O) groups is 2. The van der Waals surface area contributed by atoms with Crippen LogP contribution in [0, 0.1) is 0 Å². The lowest BCUT2D eigenvalue weighted by Crippen LogP contribution is -2.45. The van der Waals surface area contributed by atoms with Crippen molar-refractivity contribution in [3.8, 4) is 11.5 Å². The summed E-state index contributed by atoms with van der Waals surface area (Å²) in [5, 5.41) is 32.0. The van der Waals surface area contributed by atoms with E-state index in [4.69, 9.17) is 21.4 Å². The highest BCUT2D eigenvalue weighted by molar-refractivity contribution is 7.81. The van der Waals surface area contributed by atoms with Crippen LogP contribution < -0.4 is 20.8 Å². The van der Waals surface area contributed by atoms with Gasteiger partial charge in [-0.25, -0.2) is 4.79 Å². The predicted octanol–water partition coefficient (Wildman–Crippen LogP) is 6.34. The molecule has 1 aromatic heterocycles. The SMILES string of the molecule is CCCc1c(OCCC/C=C\C=C\[C@@H](c2c(C(=O)O)oc3c(c2=O)=CCC(=S)C=3)[C@@H](O)c2cccc(C(F)(F)F)c2)ccc(C(C)=O)c1O. The van der Waals surface area contributed by atoms with E-state index >= 15 is 0 Å². The molecule has 3 aromatic rings. The smallest absolute Gasteiger partial charge is 0.416 e. The molecule has 8 nitrogen and oxygen atoms in total. The van der Waals surface area contributed by atoms with Crippen molar-refractivity contribution < 1.29 is 47.2 Å².